The van der Waals surface area contributed by atoms with Gasteiger partial charge in [-0.3, -0.25) is 4.79 Å². The summed E-state index contributed by atoms with van der Waals surface area (Å²) in [5, 5.41) is 0.0384. The van der Waals surface area contributed by atoms with E-state index in [0.29, 0.717) is 41.8 Å². The number of nitrogens with zero attached hydrogens (tertiary/aromatic N) is 1. The number of sulfonamides is 1. The molecule has 1 N–H and O–H groups in total. The molecule has 1 saturated heterocycles. The molecular formula is C33H40N2O5S2. The molecule has 6 rings (SSSR count). The maximum absolute atomic E-state index is 13.8. The van der Waals surface area contributed by atoms with Crippen molar-refractivity contribution >= 4 is 44.2 Å². The predicted octanol–water partition coefficient (Wildman–Crippen LogP) is 7.12. The van der Waals surface area contributed by atoms with Crippen LogP contribution in [0.5, 0.6) is 5.75 Å². The first-order valence-electron chi connectivity index (χ1n) is 14.9. The Morgan fingerprint density at radius 3 is 2.52 bits per heavy atom. The van der Waals surface area contributed by atoms with Crippen LogP contribution in [0.2, 0.25) is 0 Å². The lowest BCUT2D eigenvalue weighted by atomic mass is 9.81. The highest BCUT2D eigenvalue weighted by molar-refractivity contribution is 7.91. The Morgan fingerprint density at radius 1 is 1.14 bits per heavy atom. The second-order valence-electron chi connectivity index (χ2n) is 13.4. The Hall–Kier alpha value is -2.75. The maximum Gasteiger partial charge on any atom is 0.265 e. The van der Waals surface area contributed by atoms with Gasteiger partial charge < -0.3 is 9.47 Å². The van der Waals surface area contributed by atoms with E-state index in [-0.39, 0.29) is 22.7 Å². The lowest BCUT2D eigenvalue weighted by molar-refractivity contribution is -0.175. The minimum Gasteiger partial charge on any atom is -0.493 e. The average Bonchev–Trinajstić information content (AvgIpc) is 3.71. The molecular weight excluding hydrogens is 569 g/mol. The van der Waals surface area contributed by atoms with E-state index < -0.39 is 21.2 Å². The van der Waals surface area contributed by atoms with Gasteiger partial charge >= 0.3 is 0 Å². The van der Waals surface area contributed by atoms with Crippen LogP contribution in [-0.4, -0.2) is 42.4 Å². The van der Waals surface area contributed by atoms with Crippen LogP contribution < -0.4 is 9.46 Å². The molecule has 0 bridgehead atoms. The fraction of sp³-hybridized carbons (Fsp3) is 0.515. The summed E-state index contributed by atoms with van der Waals surface area (Å²) in [7, 11) is -3.75. The number of fused-ring (bicyclic) bond motifs is 2. The van der Waals surface area contributed by atoms with Gasteiger partial charge in [0.1, 0.15) is 5.75 Å². The predicted molar refractivity (Wildman–Crippen MR) is 169 cm³/mol. The summed E-state index contributed by atoms with van der Waals surface area (Å²) in [6.07, 6.45) is 9.18. The average molecular weight is 609 g/mol. The van der Waals surface area contributed by atoms with E-state index >= 15 is 0 Å². The SMILES string of the molecule is Cc1c(-c2cc(C(=O)NS(=O)(=O)C3CC3)c3c(OCC4CC(C)(C)OC(C)(C)C4)ccc(C)c3n2)sc2c1CCC=C2. The van der Waals surface area contributed by atoms with Crippen LogP contribution in [-0.2, 0) is 21.2 Å². The number of hydrogen-bond donors (Lipinski definition) is 1. The van der Waals surface area contributed by atoms with Crippen molar-refractivity contribution in [1.82, 2.24) is 9.71 Å². The van der Waals surface area contributed by atoms with Crippen molar-refractivity contribution in [2.75, 3.05) is 6.61 Å². The van der Waals surface area contributed by atoms with Crippen molar-refractivity contribution in [1.29, 1.82) is 0 Å². The molecule has 7 nitrogen and oxygen atoms in total. The zero-order valence-corrected chi connectivity index (χ0v) is 26.9. The van der Waals surface area contributed by atoms with E-state index in [1.54, 1.807) is 17.4 Å². The zero-order valence-electron chi connectivity index (χ0n) is 25.3. The number of hydrogen-bond acceptors (Lipinski definition) is 7. The topological polar surface area (TPSA) is 94.6 Å². The smallest absolute Gasteiger partial charge is 0.265 e. The number of thiophene rings is 1. The van der Waals surface area contributed by atoms with Gasteiger partial charge in [0, 0.05) is 4.88 Å². The second-order valence-corrected chi connectivity index (χ2v) is 16.4. The molecule has 0 atom stereocenters. The van der Waals surface area contributed by atoms with Gasteiger partial charge in [0.05, 0.1) is 50.1 Å². The standard InChI is InChI=1S/C33H40N2O5S2/c1-19-11-14-26(39-18-21-16-32(3,4)40-33(5,6)17-21)28-24(31(36)35-42(37,38)22-12-13-22)15-25(34-29(19)28)30-20(2)23-9-7-8-10-27(23)41-30/h8,10-11,14-15,21-22H,7,9,12-13,16-18H2,1-6H3,(H,35,36). The molecule has 3 heterocycles. The number of aromatic nitrogens is 1. The van der Waals surface area contributed by atoms with Gasteiger partial charge in [-0.05, 0) is 121 Å². The van der Waals surface area contributed by atoms with Crippen molar-refractivity contribution in [2.45, 2.75) is 96.5 Å². The number of nitrogens with one attached hydrogen (secondary N) is 1. The number of carbonyl (C=O) groups excluding carboxylic acids is 1. The molecule has 1 aliphatic heterocycles. The number of benzene rings is 1. The van der Waals surface area contributed by atoms with Gasteiger partial charge in [-0.25, -0.2) is 18.1 Å². The number of ether oxygens (including phenoxy) is 2. The molecule has 2 aromatic heterocycles. The van der Waals surface area contributed by atoms with Crippen LogP contribution in [0.3, 0.4) is 0 Å². The Morgan fingerprint density at radius 2 is 1.86 bits per heavy atom. The monoisotopic (exact) mass is 608 g/mol. The Labute approximate surface area is 252 Å². The van der Waals surface area contributed by atoms with Gasteiger partial charge in [-0.2, -0.15) is 0 Å². The molecule has 9 heteroatoms. The normalized spacial score (nSPS) is 20.0. The zero-order chi connectivity index (χ0) is 30.0. The number of amides is 1. The van der Waals surface area contributed by atoms with Crippen molar-refractivity contribution in [3.8, 4) is 16.3 Å². The largest absolute Gasteiger partial charge is 0.493 e. The number of rotatable bonds is 7. The van der Waals surface area contributed by atoms with Crippen molar-refractivity contribution in [3.05, 3.63) is 51.4 Å². The number of aryl methyl sites for hydroxylation is 1. The molecule has 2 aliphatic carbocycles. The molecule has 3 aliphatic rings. The summed E-state index contributed by atoms with van der Waals surface area (Å²) in [4.78, 5) is 21.1. The fourth-order valence-electron chi connectivity index (χ4n) is 6.80. The molecule has 0 unspecified atom stereocenters. The highest BCUT2D eigenvalue weighted by Gasteiger charge is 2.40. The highest BCUT2D eigenvalue weighted by atomic mass is 32.2. The lowest BCUT2D eigenvalue weighted by Gasteiger charge is -2.45. The van der Waals surface area contributed by atoms with E-state index in [0.717, 1.165) is 41.7 Å². The summed E-state index contributed by atoms with van der Waals surface area (Å²) in [5.41, 5.74) is 4.43. The van der Waals surface area contributed by atoms with Crippen LogP contribution in [0.25, 0.3) is 27.6 Å². The molecule has 2 fully saturated rings. The molecule has 3 aromatic rings. The van der Waals surface area contributed by atoms with Crippen LogP contribution in [0.4, 0.5) is 0 Å². The molecule has 0 radical (unpaired) electrons. The van der Waals surface area contributed by atoms with Gasteiger partial charge in [-0.1, -0.05) is 12.1 Å². The minimum atomic E-state index is -3.75. The van der Waals surface area contributed by atoms with Crippen molar-refractivity contribution < 1.29 is 22.7 Å². The summed E-state index contributed by atoms with van der Waals surface area (Å²) in [6.45, 7) is 13.0. The third kappa shape index (κ3) is 5.75. The number of pyridine rings is 1. The first-order valence-corrected chi connectivity index (χ1v) is 17.2. The fourth-order valence-corrected chi connectivity index (χ4v) is 9.34. The number of carbonyl (C=O) groups is 1. The van der Waals surface area contributed by atoms with E-state index in [4.69, 9.17) is 14.5 Å². The van der Waals surface area contributed by atoms with E-state index in [2.05, 4.69) is 51.5 Å². The molecule has 224 valence electrons. The molecule has 1 saturated carbocycles. The number of allylic oxidation sites excluding steroid dienone is 1. The van der Waals surface area contributed by atoms with Crippen LogP contribution in [0, 0.1) is 19.8 Å². The van der Waals surface area contributed by atoms with E-state index in [1.165, 1.54) is 10.4 Å². The Kier molecular flexibility index (Phi) is 7.30. The van der Waals surface area contributed by atoms with Gasteiger partial charge in [0.2, 0.25) is 10.0 Å². The lowest BCUT2D eigenvalue weighted by Crippen LogP contribution is -2.46. The molecule has 1 aromatic carbocycles. The molecule has 42 heavy (non-hydrogen) atoms. The summed E-state index contributed by atoms with van der Waals surface area (Å²) >= 11 is 1.67. The van der Waals surface area contributed by atoms with Gasteiger partial charge in [0.15, 0.2) is 0 Å². The third-order valence-corrected chi connectivity index (χ3v) is 11.7. The minimum absolute atomic E-state index is 0.257. The Bertz CT molecular complexity index is 1700. The molecule has 0 spiro atoms. The van der Waals surface area contributed by atoms with Crippen LogP contribution in [0.15, 0.2) is 24.3 Å². The first-order chi connectivity index (χ1) is 19.7. The van der Waals surface area contributed by atoms with Crippen molar-refractivity contribution in [2.24, 2.45) is 5.92 Å². The van der Waals surface area contributed by atoms with Gasteiger partial charge in [0.25, 0.3) is 5.91 Å². The quantitative estimate of drug-likeness (QED) is 0.307. The van der Waals surface area contributed by atoms with Crippen LogP contribution in [0.1, 0.15) is 91.7 Å². The summed E-state index contributed by atoms with van der Waals surface area (Å²) in [5.74, 6) is 0.155. The maximum atomic E-state index is 13.8. The highest BCUT2D eigenvalue weighted by Crippen LogP contribution is 2.42. The molecule has 1 amide bonds. The van der Waals surface area contributed by atoms with E-state index in [1.807, 2.05) is 19.1 Å². The Balaban J connectivity index is 1.44. The van der Waals surface area contributed by atoms with Gasteiger partial charge in [-0.15, -0.1) is 11.3 Å². The van der Waals surface area contributed by atoms with Crippen molar-refractivity contribution in [3.63, 3.8) is 0 Å². The van der Waals surface area contributed by atoms with Crippen LogP contribution >= 0.6 is 11.3 Å². The summed E-state index contributed by atoms with van der Waals surface area (Å²) < 4.78 is 40.8. The second kappa shape index (κ2) is 10.5. The summed E-state index contributed by atoms with van der Waals surface area (Å²) in [6, 6.07) is 5.59. The van der Waals surface area contributed by atoms with E-state index in [9.17, 15) is 13.2 Å². The first kappa shape index (κ1) is 29.3. The third-order valence-electron chi connectivity index (χ3n) is 8.52.